The Hall–Kier alpha value is -2.13. The van der Waals surface area contributed by atoms with Crippen molar-refractivity contribution in [2.24, 2.45) is 0 Å². The van der Waals surface area contributed by atoms with Gasteiger partial charge in [-0.2, -0.15) is 0 Å². The van der Waals surface area contributed by atoms with Crippen LogP contribution in [0.5, 0.6) is 0 Å². The quantitative estimate of drug-likeness (QED) is 0.700. The minimum Gasteiger partial charge on any atom is -0.355 e. The van der Waals surface area contributed by atoms with E-state index in [1.807, 2.05) is 17.4 Å². The third kappa shape index (κ3) is 2.53. The average Bonchev–Trinajstić information content (AvgIpc) is 3.16. The van der Waals surface area contributed by atoms with E-state index in [-0.39, 0.29) is 0 Å². The molecule has 0 atom stereocenters. The van der Waals surface area contributed by atoms with Gasteiger partial charge in [0.05, 0.1) is 6.54 Å². The number of fused-ring (bicyclic) bond motifs is 1. The first-order valence-corrected chi connectivity index (χ1v) is 8.02. The summed E-state index contributed by atoms with van der Waals surface area (Å²) in [5.41, 5.74) is 0. The van der Waals surface area contributed by atoms with Crippen LogP contribution in [0.15, 0.2) is 18.6 Å². The van der Waals surface area contributed by atoms with Gasteiger partial charge in [-0.3, -0.25) is 9.30 Å². The summed E-state index contributed by atoms with van der Waals surface area (Å²) in [7, 11) is 0. The van der Waals surface area contributed by atoms with Crippen LogP contribution in [0.4, 0.5) is 5.82 Å². The molecule has 0 bridgehead atoms. The molecule has 0 radical (unpaired) electrons. The van der Waals surface area contributed by atoms with Crippen LogP contribution < -0.4 is 4.90 Å². The highest BCUT2D eigenvalue weighted by Gasteiger charge is 2.20. The van der Waals surface area contributed by atoms with Crippen molar-refractivity contribution in [1.29, 1.82) is 0 Å². The minimum atomic E-state index is 0.643. The number of hydrogen-bond donors (Lipinski definition) is 0. The fourth-order valence-electron chi connectivity index (χ4n) is 2.71. The zero-order valence-electron chi connectivity index (χ0n) is 12.3. The van der Waals surface area contributed by atoms with E-state index in [9.17, 15) is 0 Å². The molecule has 9 heteroatoms. The average molecular weight is 316 g/mol. The van der Waals surface area contributed by atoms with Crippen LogP contribution in [0, 0.1) is 6.92 Å². The van der Waals surface area contributed by atoms with Crippen molar-refractivity contribution < 1.29 is 0 Å². The summed E-state index contributed by atoms with van der Waals surface area (Å²) in [4.78, 5) is 8.97. The molecule has 3 aromatic heterocycles. The van der Waals surface area contributed by atoms with Crippen LogP contribution in [0.3, 0.4) is 0 Å². The lowest BCUT2D eigenvalue weighted by atomic mass is 10.3. The molecule has 0 saturated carbocycles. The maximum atomic E-state index is 4.21. The largest absolute Gasteiger partial charge is 0.355 e. The molecule has 114 valence electrons. The van der Waals surface area contributed by atoms with Crippen LogP contribution in [-0.4, -0.2) is 60.9 Å². The highest BCUT2D eigenvalue weighted by molar-refractivity contribution is 7.11. The van der Waals surface area contributed by atoms with Gasteiger partial charge in [0.2, 0.25) is 0 Å². The molecule has 1 fully saturated rings. The van der Waals surface area contributed by atoms with E-state index in [0.29, 0.717) is 5.78 Å². The lowest BCUT2D eigenvalue weighted by Crippen LogP contribution is -2.46. The molecule has 0 aliphatic carbocycles. The number of piperazine rings is 1. The van der Waals surface area contributed by atoms with E-state index in [2.05, 4.69) is 35.2 Å². The first-order chi connectivity index (χ1) is 10.8. The molecule has 8 nitrogen and oxygen atoms in total. The monoisotopic (exact) mass is 316 g/mol. The Labute approximate surface area is 131 Å². The zero-order valence-corrected chi connectivity index (χ0v) is 13.1. The van der Waals surface area contributed by atoms with Crippen molar-refractivity contribution in [1.82, 2.24) is 34.7 Å². The number of aryl methyl sites for hydroxylation is 1. The Balaban J connectivity index is 1.44. The fraction of sp³-hybridized carbons (Fsp3) is 0.462. The van der Waals surface area contributed by atoms with Crippen molar-refractivity contribution in [3.63, 3.8) is 0 Å². The van der Waals surface area contributed by atoms with Gasteiger partial charge in [0.25, 0.3) is 5.78 Å². The number of aromatic nitrogens is 6. The van der Waals surface area contributed by atoms with Crippen molar-refractivity contribution in [3.8, 4) is 0 Å². The van der Waals surface area contributed by atoms with Crippen LogP contribution in [0.2, 0.25) is 0 Å². The van der Waals surface area contributed by atoms with E-state index < -0.39 is 0 Å². The molecule has 0 amide bonds. The number of rotatable bonds is 3. The molecule has 0 aromatic carbocycles. The molecular weight excluding hydrogens is 300 g/mol. The first kappa shape index (κ1) is 13.5. The summed E-state index contributed by atoms with van der Waals surface area (Å²) in [6.07, 6.45) is 3.50. The summed E-state index contributed by atoms with van der Waals surface area (Å²) in [5, 5.41) is 18.3. The number of nitrogens with zero attached hydrogens (tertiary/aromatic N) is 8. The van der Waals surface area contributed by atoms with Gasteiger partial charge >= 0.3 is 0 Å². The Bertz CT molecular complexity index is 773. The van der Waals surface area contributed by atoms with Crippen molar-refractivity contribution in [3.05, 3.63) is 28.6 Å². The fourth-order valence-corrected chi connectivity index (χ4v) is 3.47. The summed E-state index contributed by atoms with van der Waals surface area (Å²) >= 11 is 1.68. The van der Waals surface area contributed by atoms with Crippen LogP contribution in [0.25, 0.3) is 5.78 Å². The molecule has 1 aliphatic rings. The van der Waals surface area contributed by atoms with E-state index >= 15 is 0 Å². The molecule has 4 rings (SSSR count). The van der Waals surface area contributed by atoms with Crippen molar-refractivity contribution in [2.45, 2.75) is 13.5 Å². The maximum absolute atomic E-state index is 4.21. The topological polar surface area (TPSA) is 75.3 Å². The third-order valence-electron chi connectivity index (χ3n) is 3.81. The molecule has 1 saturated heterocycles. The second kappa shape index (κ2) is 5.58. The Morgan fingerprint density at radius 1 is 1.14 bits per heavy atom. The van der Waals surface area contributed by atoms with Crippen molar-refractivity contribution >= 4 is 22.9 Å². The molecule has 4 heterocycles. The summed E-state index contributed by atoms with van der Waals surface area (Å²) < 4.78 is 1.93. The standard InChI is InChI=1S/C13H16N8S/c1-10-16-17-11(22-10)8-19-4-6-20(7-5-19)12-2-3-14-13-18-15-9-21(12)13/h2-3,9H,4-8H2,1H3. The normalized spacial score (nSPS) is 16.5. The Kier molecular flexibility index (Phi) is 3.43. The third-order valence-corrected chi connectivity index (χ3v) is 4.64. The zero-order chi connectivity index (χ0) is 14.9. The van der Waals surface area contributed by atoms with Gasteiger partial charge in [0, 0.05) is 32.4 Å². The number of hydrogen-bond acceptors (Lipinski definition) is 8. The van der Waals surface area contributed by atoms with Gasteiger partial charge in [0.15, 0.2) is 0 Å². The molecule has 0 spiro atoms. The molecule has 0 N–H and O–H groups in total. The van der Waals surface area contributed by atoms with Crippen LogP contribution in [-0.2, 0) is 6.54 Å². The first-order valence-electron chi connectivity index (χ1n) is 7.20. The van der Waals surface area contributed by atoms with E-state index in [1.165, 1.54) is 0 Å². The van der Waals surface area contributed by atoms with E-state index in [0.717, 1.165) is 48.6 Å². The SMILES string of the molecule is Cc1nnc(CN2CCN(c3ccnc4nncn34)CC2)s1. The number of anilines is 1. The predicted octanol–water partition coefficient (Wildman–Crippen LogP) is 0.606. The smallest absolute Gasteiger partial charge is 0.256 e. The van der Waals surface area contributed by atoms with Gasteiger partial charge in [-0.15, -0.1) is 31.7 Å². The molecule has 3 aromatic rings. The highest BCUT2D eigenvalue weighted by Crippen LogP contribution is 2.18. The van der Waals surface area contributed by atoms with Gasteiger partial charge in [-0.25, -0.2) is 4.98 Å². The van der Waals surface area contributed by atoms with Crippen molar-refractivity contribution in [2.75, 3.05) is 31.1 Å². The molecule has 0 unspecified atom stereocenters. The molecule has 22 heavy (non-hydrogen) atoms. The lowest BCUT2D eigenvalue weighted by Gasteiger charge is -2.35. The molecular formula is C13H16N8S. The van der Waals surface area contributed by atoms with Crippen LogP contribution >= 0.6 is 11.3 Å². The van der Waals surface area contributed by atoms with Gasteiger partial charge in [-0.1, -0.05) is 0 Å². The Morgan fingerprint density at radius 2 is 2.00 bits per heavy atom. The second-order valence-corrected chi connectivity index (χ2v) is 6.55. The highest BCUT2D eigenvalue weighted by atomic mass is 32.1. The van der Waals surface area contributed by atoms with E-state index in [4.69, 9.17) is 0 Å². The summed E-state index contributed by atoms with van der Waals surface area (Å²) in [5.74, 6) is 1.74. The maximum Gasteiger partial charge on any atom is 0.256 e. The second-order valence-electron chi connectivity index (χ2n) is 5.28. The Morgan fingerprint density at radius 3 is 2.77 bits per heavy atom. The van der Waals surface area contributed by atoms with Crippen LogP contribution in [0.1, 0.15) is 10.0 Å². The minimum absolute atomic E-state index is 0.643. The molecule has 1 aliphatic heterocycles. The lowest BCUT2D eigenvalue weighted by molar-refractivity contribution is 0.248. The summed E-state index contributed by atoms with van der Waals surface area (Å²) in [6, 6.07) is 2.01. The van der Waals surface area contributed by atoms with E-state index in [1.54, 1.807) is 23.9 Å². The van der Waals surface area contributed by atoms with Gasteiger partial charge in [0.1, 0.15) is 22.2 Å². The van der Waals surface area contributed by atoms with Gasteiger partial charge in [-0.05, 0) is 13.0 Å². The van der Waals surface area contributed by atoms with Gasteiger partial charge < -0.3 is 4.90 Å². The summed E-state index contributed by atoms with van der Waals surface area (Å²) in [6.45, 7) is 6.82. The predicted molar refractivity (Wildman–Crippen MR) is 82.9 cm³/mol.